The lowest BCUT2D eigenvalue weighted by Crippen LogP contribution is -2.47. The molecule has 1 N–H and O–H groups in total. The summed E-state index contributed by atoms with van der Waals surface area (Å²) in [5, 5.41) is 2.86. The van der Waals surface area contributed by atoms with Crippen LogP contribution in [0.15, 0.2) is 28.7 Å². The molecule has 0 spiro atoms. The smallest absolute Gasteiger partial charge is 0.247 e. The number of hydrogen-bond donors (Lipinski definition) is 1. The van der Waals surface area contributed by atoms with E-state index in [2.05, 4.69) is 21.2 Å². The van der Waals surface area contributed by atoms with Crippen LogP contribution in [0.1, 0.15) is 19.4 Å². The predicted octanol–water partition coefficient (Wildman–Crippen LogP) is 3.28. The van der Waals surface area contributed by atoms with E-state index >= 15 is 0 Å². The lowest BCUT2D eigenvalue weighted by Gasteiger charge is -2.22. The quantitative estimate of drug-likeness (QED) is 0.752. The van der Waals surface area contributed by atoms with Crippen LogP contribution in [0.4, 0.5) is 4.39 Å². The van der Waals surface area contributed by atoms with E-state index in [1.807, 2.05) is 13.8 Å². The highest BCUT2D eigenvalue weighted by Gasteiger charge is 2.33. The zero-order valence-electron chi connectivity index (χ0n) is 13.6. The number of carbonyl (C=O) groups excluding carboxylic acids is 2. The first-order valence-electron chi connectivity index (χ1n) is 7.67. The zero-order valence-corrected chi connectivity index (χ0v) is 16.0. The molecule has 7 heteroatoms. The molecule has 1 saturated heterocycles. The summed E-state index contributed by atoms with van der Waals surface area (Å²) in [4.78, 5) is 26.1. The standard InChI is InChI=1S/C17H20BrFN2O2S/c1-11(2)8-20-17(23)15-9-24-10-21(15)16(22)6-3-12-7-13(18)4-5-14(12)19/h3-7,11,15H,8-10H2,1-2H3,(H,20,23)/b6-3+. The largest absolute Gasteiger partial charge is 0.354 e. The van der Waals surface area contributed by atoms with Gasteiger partial charge in [0, 0.05) is 28.4 Å². The second-order valence-corrected chi connectivity index (χ2v) is 7.88. The van der Waals surface area contributed by atoms with Gasteiger partial charge in [-0.1, -0.05) is 29.8 Å². The summed E-state index contributed by atoms with van der Waals surface area (Å²) >= 11 is 4.81. The van der Waals surface area contributed by atoms with E-state index < -0.39 is 11.9 Å². The molecule has 0 radical (unpaired) electrons. The first-order valence-corrected chi connectivity index (χ1v) is 9.62. The van der Waals surface area contributed by atoms with Crippen molar-refractivity contribution >= 4 is 45.6 Å². The van der Waals surface area contributed by atoms with E-state index in [0.29, 0.717) is 29.7 Å². The van der Waals surface area contributed by atoms with Crippen LogP contribution < -0.4 is 5.32 Å². The highest BCUT2D eigenvalue weighted by atomic mass is 79.9. The molecule has 0 saturated carbocycles. The number of carbonyl (C=O) groups is 2. The maximum atomic E-state index is 13.7. The van der Waals surface area contributed by atoms with Crippen LogP contribution in [-0.4, -0.2) is 40.9 Å². The van der Waals surface area contributed by atoms with Crippen molar-refractivity contribution < 1.29 is 14.0 Å². The Hall–Kier alpha value is -1.34. The van der Waals surface area contributed by atoms with Gasteiger partial charge in [-0.15, -0.1) is 11.8 Å². The van der Waals surface area contributed by atoms with Crippen LogP contribution in [-0.2, 0) is 9.59 Å². The number of nitrogens with zero attached hydrogens (tertiary/aromatic N) is 1. The molecule has 0 aromatic heterocycles. The van der Waals surface area contributed by atoms with Crippen LogP contribution in [0.2, 0.25) is 0 Å². The molecule has 1 aliphatic rings. The summed E-state index contributed by atoms with van der Waals surface area (Å²) in [6.45, 7) is 4.62. The van der Waals surface area contributed by atoms with Gasteiger partial charge in [-0.05, 0) is 30.2 Å². The fraction of sp³-hybridized carbons (Fsp3) is 0.412. The number of rotatable bonds is 5. The predicted molar refractivity (Wildman–Crippen MR) is 98.9 cm³/mol. The summed E-state index contributed by atoms with van der Waals surface area (Å²) in [5.74, 6) is 0.572. The molecule has 1 atom stereocenters. The van der Waals surface area contributed by atoms with Gasteiger partial charge < -0.3 is 10.2 Å². The zero-order chi connectivity index (χ0) is 17.7. The van der Waals surface area contributed by atoms with Gasteiger partial charge in [0.25, 0.3) is 0 Å². The van der Waals surface area contributed by atoms with Gasteiger partial charge in [-0.2, -0.15) is 0 Å². The van der Waals surface area contributed by atoms with Crippen molar-refractivity contribution in [1.29, 1.82) is 0 Å². The van der Waals surface area contributed by atoms with Crippen molar-refractivity contribution in [2.75, 3.05) is 18.2 Å². The Morgan fingerprint density at radius 3 is 2.96 bits per heavy atom. The third-order valence-electron chi connectivity index (χ3n) is 3.52. The first-order chi connectivity index (χ1) is 11.4. The van der Waals surface area contributed by atoms with E-state index in [1.54, 1.807) is 12.1 Å². The van der Waals surface area contributed by atoms with Crippen molar-refractivity contribution in [1.82, 2.24) is 10.2 Å². The Bertz CT molecular complexity index is 651. The van der Waals surface area contributed by atoms with Gasteiger partial charge in [0.15, 0.2) is 0 Å². The molecule has 1 aromatic rings. The number of halogens is 2. The molecule has 1 unspecified atom stereocenters. The molecule has 1 aromatic carbocycles. The fourth-order valence-electron chi connectivity index (χ4n) is 2.20. The van der Waals surface area contributed by atoms with Gasteiger partial charge in [-0.3, -0.25) is 9.59 Å². The molecule has 24 heavy (non-hydrogen) atoms. The molecular weight excluding hydrogens is 395 g/mol. The Morgan fingerprint density at radius 2 is 2.25 bits per heavy atom. The molecule has 1 aliphatic heterocycles. The van der Waals surface area contributed by atoms with Gasteiger partial charge in [0.05, 0.1) is 5.88 Å². The van der Waals surface area contributed by atoms with E-state index in [9.17, 15) is 14.0 Å². The summed E-state index contributed by atoms with van der Waals surface area (Å²) in [6, 6.07) is 4.06. The molecule has 130 valence electrons. The average Bonchev–Trinajstić information content (AvgIpc) is 3.02. The van der Waals surface area contributed by atoms with Crippen molar-refractivity contribution in [3.63, 3.8) is 0 Å². The summed E-state index contributed by atoms with van der Waals surface area (Å²) in [5.41, 5.74) is 0.324. The molecule has 4 nitrogen and oxygen atoms in total. The third kappa shape index (κ3) is 5.08. The number of benzene rings is 1. The molecule has 1 fully saturated rings. The highest BCUT2D eigenvalue weighted by molar-refractivity contribution is 9.10. The molecule has 1 heterocycles. The minimum absolute atomic E-state index is 0.135. The lowest BCUT2D eigenvalue weighted by atomic mass is 10.2. The molecular formula is C17H20BrFN2O2S. The SMILES string of the molecule is CC(C)CNC(=O)C1CSCN1C(=O)/C=C/c1cc(Br)ccc1F. The number of nitrogens with one attached hydrogen (secondary N) is 1. The van der Waals surface area contributed by atoms with Gasteiger partial charge >= 0.3 is 0 Å². The maximum Gasteiger partial charge on any atom is 0.247 e. The van der Waals surface area contributed by atoms with E-state index in [4.69, 9.17) is 0 Å². The van der Waals surface area contributed by atoms with Crippen LogP contribution in [0.3, 0.4) is 0 Å². The molecule has 2 rings (SSSR count). The second-order valence-electron chi connectivity index (χ2n) is 5.96. The Balaban J connectivity index is 2.03. The summed E-state index contributed by atoms with van der Waals surface area (Å²) < 4.78 is 14.4. The Morgan fingerprint density at radius 1 is 1.50 bits per heavy atom. The molecule has 2 amide bonds. The van der Waals surface area contributed by atoms with Gasteiger partial charge in [-0.25, -0.2) is 4.39 Å². The highest BCUT2D eigenvalue weighted by Crippen LogP contribution is 2.22. The minimum atomic E-state index is -0.474. The van der Waals surface area contributed by atoms with E-state index in [1.165, 1.54) is 34.9 Å². The van der Waals surface area contributed by atoms with Crippen LogP contribution >= 0.6 is 27.7 Å². The average molecular weight is 415 g/mol. The number of thioether (sulfide) groups is 1. The third-order valence-corrected chi connectivity index (χ3v) is 5.02. The monoisotopic (exact) mass is 414 g/mol. The topological polar surface area (TPSA) is 49.4 Å². The Kier molecular flexibility index (Phi) is 6.86. The summed E-state index contributed by atoms with van der Waals surface area (Å²) in [6.07, 6.45) is 2.76. The molecule has 0 aliphatic carbocycles. The summed E-state index contributed by atoms with van der Waals surface area (Å²) in [7, 11) is 0. The van der Waals surface area contributed by atoms with E-state index in [0.717, 1.165) is 4.47 Å². The Labute approximate surface area is 154 Å². The van der Waals surface area contributed by atoms with Crippen LogP contribution in [0.25, 0.3) is 6.08 Å². The van der Waals surface area contributed by atoms with E-state index in [-0.39, 0.29) is 11.8 Å². The fourth-order valence-corrected chi connectivity index (χ4v) is 3.74. The lowest BCUT2D eigenvalue weighted by molar-refractivity contribution is -0.134. The van der Waals surface area contributed by atoms with Gasteiger partial charge in [0.1, 0.15) is 11.9 Å². The molecule has 0 bridgehead atoms. The second kappa shape index (κ2) is 8.67. The minimum Gasteiger partial charge on any atom is -0.354 e. The number of hydrogen-bond acceptors (Lipinski definition) is 3. The number of amides is 2. The van der Waals surface area contributed by atoms with Crippen LogP contribution in [0, 0.1) is 11.7 Å². The van der Waals surface area contributed by atoms with Crippen molar-refractivity contribution in [2.24, 2.45) is 5.92 Å². The van der Waals surface area contributed by atoms with Crippen molar-refractivity contribution in [3.8, 4) is 0 Å². The first kappa shape index (κ1) is 19.0. The maximum absolute atomic E-state index is 13.7. The normalized spacial score (nSPS) is 17.7. The van der Waals surface area contributed by atoms with Crippen molar-refractivity contribution in [2.45, 2.75) is 19.9 Å². The van der Waals surface area contributed by atoms with Gasteiger partial charge in [0.2, 0.25) is 11.8 Å². The van der Waals surface area contributed by atoms with Crippen LogP contribution in [0.5, 0.6) is 0 Å². The van der Waals surface area contributed by atoms with Crippen molar-refractivity contribution in [3.05, 3.63) is 40.1 Å².